The Labute approximate surface area is 243 Å². The summed E-state index contributed by atoms with van der Waals surface area (Å²) in [6.45, 7) is 4.19. The average Bonchev–Trinajstić information content (AvgIpc) is 3.59. The highest BCUT2D eigenvalue weighted by atomic mass is 32.1. The Kier molecular flexibility index (Phi) is 6.04. The molecule has 4 aromatic heterocycles. The molecule has 0 bridgehead atoms. The molecule has 1 N–H and O–H groups in total. The van der Waals surface area contributed by atoms with Gasteiger partial charge in [-0.15, -0.1) is 11.3 Å². The van der Waals surface area contributed by atoms with Gasteiger partial charge < -0.3 is 23.9 Å². The second-order valence-electron chi connectivity index (χ2n) is 10.1. The van der Waals surface area contributed by atoms with Crippen LogP contribution in [0.1, 0.15) is 11.1 Å². The van der Waals surface area contributed by atoms with Crippen molar-refractivity contribution in [2.75, 3.05) is 25.2 Å². The van der Waals surface area contributed by atoms with Gasteiger partial charge in [-0.05, 0) is 49.2 Å². The van der Waals surface area contributed by atoms with Gasteiger partial charge in [-0.1, -0.05) is 0 Å². The van der Waals surface area contributed by atoms with Crippen molar-refractivity contribution in [3.8, 4) is 28.0 Å². The van der Waals surface area contributed by atoms with Gasteiger partial charge in [0.1, 0.15) is 21.8 Å². The van der Waals surface area contributed by atoms with Crippen LogP contribution in [0, 0.1) is 13.8 Å². The van der Waals surface area contributed by atoms with E-state index in [-0.39, 0.29) is 13.2 Å². The van der Waals surface area contributed by atoms with E-state index in [0.29, 0.717) is 34.2 Å². The van der Waals surface area contributed by atoms with E-state index in [0.717, 1.165) is 42.9 Å². The van der Waals surface area contributed by atoms with Crippen molar-refractivity contribution in [2.45, 2.75) is 20.0 Å². The molecular weight excluding hydrogens is 558 g/mol. The zero-order valence-corrected chi connectivity index (χ0v) is 24.0. The quantitative estimate of drug-likeness (QED) is 0.290. The lowest BCUT2D eigenvalue weighted by Crippen LogP contribution is -2.43. The number of nitrogens with zero attached hydrogens (tertiary/aromatic N) is 7. The van der Waals surface area contributed by atoms with E-state index >= 15 is 0 Å². The molecule has 1 atom stereocenters. The monoisotopic (exact) mass is 583 g/mol. The summed E-state index contributed by atoms with van der Waals surface area (Å²) >= 11 is 1.50. The average molecular weight is 584 g/mol. The number of carbonyl (C=O) groups is 1. The highest BCUT2D eigenvalue weighted by molar-refractivity contribution is 7.22. The fourth-order valence-electron chi connectivity index (χ4n) is 5.16. The fourth-order valence-corrected chi connectivity index (χ4v) is 6.31. The van der Waals surface area contributed by atoms with Crippen LogP contribution in [0.4, 0.5) is 10.5 Å². The molecule has 1 aliphatic heterocycles. The number of anilines is 1. The van der Waals surface area contributed by atoms with Crippen LogP contribution in [0.3, 0.4) is 0 Å². The fraction of sp³-hybridized carbons (Fsp3) is 0.241. The number of aryl methyl sites for hydroxylation is 3. The predicted octanol–water partition coefficient (Wildman–Crippen LogP) is 5.14. The molecule has 0 spiro atoms. The number of thiazole rings is 1. The summed E-state index contributed by atoms with van der Waals surface area (Å²) in [5.41, 5.74) is 6.78. The molecule has 6 aromatic rings. The van der Waals surface area contributed by atoms with Gasteiger partial charge in [-0.3, -0.25) is 4.90 Å². The van der Waals surface area contributed by atoms with Gasteiger partial charge in [0.15, 0.2) is 23.3 Å². The number of hydrogen-bond donors (Lipinski definition) is 1. The van der Waals surface area contributed by atoms with Crippen molar-refractivity contribution in [3.63, 3.8) is 0 Å². The first-order valence-corrected chi connectivity index (χ1v) is 13.9. The molecule has 212 valence electrons. The first-order valence-electron chi connectivity index (χ1n) is 13.1. The maximum atomic E-state index is 12.2. The molecule has 12 nitrogen and oxygen atoms in total. The number of hydrogen-bond acceptors (Lipinski definition) is 10. The highest BCUT2D eigenvalue weighted by Crippen LogP contribution is 2.46. The van der Waals surface area contributed by atoms with Crippen molar-refractivity contribution in [1.82, 2.24) is 29.5 Å². The number of aromatic nitrogens is 6. The van der Waals surface area contributed by atoms with E-state index in [1.807, 2.05) is 39.1 Å². The summed E-state index contributed by atoms with van der Waals surface area (Å²) in [6.07, 6.45) is 3.11. The van der Waals surface area contributed by atoms with Crippen LogP contribution in [0.15, 0.2) is 43.0 Å². The number of fused-ring (bicyclic) bond motifs is 5. The number of carboxylic acid groups (broad SMARTS) is 1. The van der Waals surface area contributed by atoms with E-state index < -0.39 is 12.2 Å². The summed E-state index contributed by atoms with van der Waals surface area (Å²) in [7, 11) is 3.40. The molecule has 1 aliphatic rings. The van der Waals surface area contributed by atoms with E-state index in [2.05, 4.69) is 19.9 Å². The Morgan fingerprint density at radius 1 is 1.12 bits per heavy atom. The molecule has 2 aromatic carbocycles. The van der Waals surface area contributed by atoms with Crippen LogP contribution in [0.5, 0.6) is 17.4 Å². The van der Waals surface area contributed by atoms with Crippen molar-refractivity contribution in [3.05, 3.63) is 54.1 Å². The lowest BCUT2D eigenvalue weighted by molar-refractivity contribution is 0.0961. The maximum Gasteiger partial charge on any atom is 0.411 e. The van der Waals surface area contributed by atoms with Gasteiger partial charge in [0, 0.05) is 12.6 Å². The predicted molar refractivity (Wildman–Crippen MR) is 158 cm³/mol. The first kappa shape index (κ1) is 25.9. The number of ether oxygens (including phenoxy) is 3. The minimum absolute atomic E-state index is 0.0528. The molecule has 5 heterocycles. The third kappa shape index (κ3) is 4.29. The standard InChI is InChI=1S/C29H25N7O5S/c1-14-5-18(24-19(6-14)33-22(39-4)10-30-24)28-34-23-15(2)7-21-25(26(23)42-28)40-12-17(41-21)11-36(29(37)38)16-8-20-27(31-9-16)35(3)13-32-20/h5-10,13,17H,11-12H2,1-4H3,(H,37,38). The smallest absolute Gasteiger partial charge is 0.411 e. The SMILES string of the molecule is COc1cnc2c(-c3nc4c(C)cc5c(c4s3)OCC(CN(C(=O)O)c3cnc4c(c3)ncn4C)O5)cc(C)cc2n1. The second-order valence-corrected chi connectivity index (χ2v) is 11.1. The van der Waals surface area contributed by atoms with E-state index in [1.165, 1.54) is 22.4 Å². The maximum absolute atomic E-state index is 12.2. The van der Waals surface area contributed by atoms with Gasteiger partial charge >= 0.3 is 6.09 Å². The minimum Gasteiger partial charge on any atom is -0.484 e. The van der Waals surface area contributed by atoms with Crippen LogP contribution in [-0.2, 0) is 7.05 Å². The largest absolute Gasteiger partial charge is 0.484 e. The Morgan fingerprint density at radius 3 is 2.79 bits per heavy atom. The first-order chi connectivity index (χ1) is 20.3. The molecule has 1 amide bonds. The topological polar surface area (TPSA) is 138 Å². The number of amides is 1. The Hall–Kier alpha value is -5.04. The van der Waals surface area contributed by atoms with Crippen molar-refractivity contribution in [1.29, 1.82) is 0 Å². The summed E-state index contributed by atoms with van der Waals surface area (Å²) in [6, 6.07) is 7.61. The zero-order valence-electron chi connectivity index (χ0n) is 23.2. The summed E-state index contributed by atoms with van der Waals surface area (Å²) in [5, 5.41) is 10.8. The van der Waals surface area contributed by atoms with Crippen LogP contribution in [0.2, 0.25) is 0 Å². The molecule has 0 saturated heterocycles. The minimum atomic E-state index is -1.12. The van der Waals surface area contributed by atoms with Crippen molar-refractivity contribution in [2.24, 2.45) is 7.05 Å². The number of pyridine rings is 1. The lowest BCUT2D eigenvalue weighted by atomic mass is 10.1. The Morgan fingerprint density at radius 2 is 1.98 bits per heavy atom. The molecular formula is C29H25N7O5S. The number of methoxy groups -OCH3 is 1. The van der Waals surface area contributed by atoms with Crippen LogP contribution < -0.4 is 19.1 Å². The third-order valence-electron chi connectivity index (χ3n) is 7.16. The summed E-state index contributed by atoms with van der Waals surface area (Å²) in [4.78, 5) is 36.2. The van der Waals surface area contributed by atoms with Gasteiger partial charge in [0.25, 0.3) is 0 Å². The van der Waals surface area contributed by atoms with Crippen LogP contribution >= 0.6 is 11.3 Å². The summed E-state index contributed by atoms with van der Waals surface area (Å²) in [5.74, 6) is 1.59. The number of rotatable bonds is 5. The van der Waals surface area contributed by atoms with Gasteiger partial charge in [0.2, 0.25) is 5.88 Å². The zero-order chi connectivity index (χ0) is 29.1. The molecule has 0 fully saturated rings. The molecule has 0 aliphatic carbocycles. The van der Waals surface area contributed by atoms with E-state index in [9.17, 15) is 9.90 Å². The number of benzene rings is 2. The Balaban J connectivity index is 1.21. The van der Waals surface area contributed by atoms with Gasteiger partial charge in [0.05, 0.1) is 54.6 Å². The third-order valence-corrected chi connectivity index (χ3v) is 8.25. The van der Waals surface area contributed by atoms with Gasteiger partial charge in [-0.2, -0.15) is 0 Å². The number of imidazole rings is 1. The molecule has 1 unspecified atom stereocenters. The van der Waals surface area contributed by atoms with E-state index in [1.54, 1.807) is 30.3 Å². The summed E-state index contributed by atoms with van der Waals surface area (Å²) < 4.78 is 20.4. The highest BCUT2D eigenvalue weighted by Gasteiger charge is 2.30. The van der Waals surface area contributed by atoms with E-state index in [4.69, 9.17) is 19.2 Å². The molecule has 0 saturated carbocycles. The van der Waals surface area contributed by atoms with Crippen molar-refractivity contribution < 1.29 is 24.1 Å². The molecule has 13 heteroatoms. The second kappa shape index (κ2) is 9.80. The lowest BCUT2D eigenvalue weighted by Gasteiger charge is -2.30. The van der Waals surface area contributed by atoms with Gasteiger partial charge in [-0.25, -0.2) is 29.7 Å². The van der Waals surface area contributed by atoms with Crippen LogP contribution in [-0.4, -0.2) is 67.1 Å². The molecule has 7 rings (SSSR count). The molecule has 0 radical (unpaired) electrons. The molecule has 42 heavy (non-hydrogen) atoms. The van der Waals surface area contributed by atoms with Crippen LogP contribution in [0.25, 0.3) is 43.0 Å². The normalized spacial score (nSPS) is 14.5. The Bertz CT molecular complexity index is 2040. The van der Waals surface area contributed by atoms with Crippen molar-refractivity contribution >= 4 is 55.5 Å².